The van der Waals surface area contributed by atoms with Crippen molar-refractivity contribution in [3.63, 3.8) is 0 Å². The third-order valence-corrected chi connectivity index (χ3v) is 4.00. The maximum atomic E-state index is 10.7. The van der Waals surface area contributed by atoms with Gasteiger partial charge in [-0.1, -0.05) is 43.0 Å². The molecule has 1 aromatic heterocycles. The molecule has 0 amide bonds. The van der Waals surface area contributed by atoms with Crippen molar-refractivity contribution in [1.82, 2.24) is 9.55 Å². The van der Waals surface area contributed by atoms with E-state index in [4.69, 9.17) is 5.11 Å². The van der Waals surface area contributed by atoms with Crippen LogP contribution in [0.2, 0.25) is 0 Å². The second-order valence-corrected chi connectivity index (χ2v) is 5.54. The van der Waals surface area contributed by atoms with Crippen molar-refractivity contribution in [2.75, 3.05) is 5.75 Å². The Morgan fingerprint density at radius 2 is 2.05 bits per heavy atom. The third-order valence-electron chi connectivity index (χ3n) is 3.03. The predicted molar refractivity (Wildman–Crippen MR) is 80.2 cm³/mol. The van der Waals surface area contributed by atoms with Gasteiger partial charge in [0.15, 0.2) is 5.16 Å². The van der Waals surface area contributed by atoms with Gasteiger partial charge >= 0.3 is 5.97 Å². The van der Waals surface area contributed by atoms with Crippen LogP contribution in [0.25, 0.3) is 0 Å². The maximum Gasteiger partial charge on any atom is 0.313 e. The fraction of sp³-hybridized carbons (Fsp3) is 0.333. The quantitative estimate of drug-likeness (QED) is 0.831. The van der Waals surface area contributed by atoms with E-state index in [1.54, 1.807) is 0 Å². The highest BCUT2D eigenvalue weighted by Crippen LogP contribution is 2.20. The fourth-order valence-corrected chi connectivity index (χ4v) is 2.86. The van der Waals surface area contributed by atoms with Gasteiger partial charge < -0.3 is 9.67 Å². The van der Waals surface area contributed by atoms with E-state index in [0.717, 1.165) is 23.8 Å². The van der Waals surface area contributed by atoms with Crippen molar-refractivity contribution in [3.8, 4) is 0 Å². The summed E-state index contributed by atoms with van der Waals surface area (Å²) in [5, 5.41) is 9.55. The zero-order valence-electron chi connectivity index (χ0n) is 11.7. The van der Waals surface area contributed by atoms with Gasteiger partial charge in [-0.15, -0.1) is 0 Å². The van der Waals surface area contributed by atoms with Crippen LogP contribution in [0.15, 0.2) is 35.6 Å². The van der Waals surface area contributed by atoms with Crippen LogP contribution in [0.5, 0.6) is 0 Å². The van der Waals surface area contributed by atoms with E-state index >= 15 is 0 Å². The van der Waals surface area contributed by atoms with Crippen LogP contribution < -0.4 is 0 Å². The van der Waals surface area contributed by atoms with Crippen molar-refractivity contribution in [3.05, 3.63) is 47.3 Å². The molecule has 1 aromatic carbocycles. The molecule has 1 N–H and O–H groups in total. The zero-order chi connectivity index (χ0) is 14.5. The number of imidazole rings is 1. The third kappa shape index (κ3) is 3.63. The molecule has 0 aliphatic carbocycles. The number of thioether (sulfide) groups is 1. The van der Waals surface area contributed by atoms with Crippen LogP contribution in [0.3, 0.4) is 0 Å². The molecule has 0 aliphatic heterocycles. The molecule has 0 radical (unpaired) electrons. The summed E-state index contributed by atoms with van der Waals surface area (Å²) in [6.07, 6.45) is 2.96. The molecule has 0 fully saturated rings. The summed E-state index contributed by atoms with van der Waals surface area (Å²) in [6.45, 7) is 4.79. The average molecular weight is 290 g/mol. The average Bonchev–Trinajstić information content (AvgIpc) is 2.77. The van der Waals surface area contributed by atoms with E-state index in [0.29, 0.717) is 0 Å². The number of aryl methyl sites for hydroxylation is 2. The molecule has 2 rings (SSSR count). The monoisotopic (exact) mass is 290 g/mol. The molecule has 0 spiro atoms. The van der Waals surface area contributed by atoms with Gasteiger partial charge in [0.1, 0.15) is 0 Å². The minimum atomic E-state index is -0.823. The minimum Gasteiger partial charge on any atom is -0.481 e. The number of rotatable bonds is 6. The van der Waals surface area contributed by atoms with E-state index in [2.05, 4.69) is 24.0 Å². The zero-order valence-corrected chi connectivity index (χ0v) is 12.5. The van der Waals surface area contributed by atoms with Crippen molar-refractivity contribution < 1.29 is 9.90 Å². The Balaban J connectivity index is 2.22. The number of hydrogen-bond acceptors (Lipinski definition) is 3. The van der Waals surface area contributed by atoms with Crippen molar-refractivity contribution in [2.24, 2.45) is 0 Å². The second kappa shape index (κ2) is 6.61. The van der Waals surface area contributed by atoms with Gasteiger partial charge in [-0.25, -0.2) is 4.98 Å². The molecule has 0 unspecified atom stereocenters. The van der Waals surface area contributed by atoms with Crippen molar-refractivity contribution in [1.29, 1.82) is 0 Å². The van der Waals surface area contributed by atoms with Gasteiger partial charge in [-0.3, -0.25) is 4.79 Å². The number of aliphatic carboxylic acids is 1. The summed E-state index contributed by atoms with van der Waals surface area (Å²) in [5.74, 6) is -0.789. The van der Waals surface area contributed by atoms with Gasteiger partial charge in [0.25, 0.3) is 0 Å². The number of carboxylic acids is 1. The van der Waals surface area contributed by atoms with Gasteiger partial charge in [0.2, 0.25) is 0 Å². The van der Waals surface area contributed by atoms with E-state index < -0.39 is 5.97 Å². The molecule has 0 saturated heterocycles. The van der Waals surface area contributed by atoms with E-state index in [9.17, 15) is 4.79 Å². The molecule has 0 saturated carbocycles. The van der Waals surface area contributed by atoms with E-state index in [-0.39, 0.29) is 5.75 Å². The molecule has 0 aliphatic rings. The van der Waals surface area contributed by atoms with Gasteiger partial charge in [-0.2, -0.15) is 0 Å². The minimum absolute atomic E-state index is 0.0336. The highest BCUT2D eigenvalue weighted by molar-refractivity contribution is 7.99. The highest BCUT2D eigenvalue weighted by atomic mass is 32.2. The van der Waals surface area contributed by atoms with Crippen molar-refractivity contribution >= 4 is 17.7 Å². The highest BCUT2D eigenvalue weighted by Gasteiger charge is 2.10. The first-order chi connectivity index (χ1) is 9.60. The van der Waals surface area contributed by atoms with Gasteiger partial charge in [0, 0.05) is 12.7 Å². The fourth-order valence-electron chi connectivity index (χ4n) is 2.12. The second-order valence-electron chi connectivity index (χ2n) is 4.60. The predicted octanol–water partition coefficient (Wildman–Crippen LogP) is 2.98. The summed E-state index contributed by atoms with van der Waals surface area (Å²) in [5.41, 5.74) is 3.48. The molecule has 106 valence electrons. The molecular formula is C15H18N2O2S. The molecule has 20 heavy (non-hydrogen) atoms. The SMILES string of the molecule is CCc1ccccc1Cn1cc(C)nc1SCC(=O)O. The molecule has 2 aromatic rings. The Morgan fingerprint density at radius 1 is 1.35 bits per heavy atom. The molecule has 1 heterocycles. The molecule has 4 nitrogen and oxygen atoms in total. The lowest BCUT2D eigenvalue weighted by Crippen LogP contribution is -2.05. The molecular weight excluding hydrogens is 272 g/mol. The number of nitrogens with zero attached hydrogens (tertiary/aromatic N) is 2. The number of carboxylic acid groups (broad SMARTS) is 1. The first-order valence-corrected chi connectivity index (χ1v) is 7.54. The molecule has 0 atom stereocenters. The Morgan fingerprint density at radius 3 is 2.70 bits per heavy atom. The Hall–Kier alpha value is -1.75. The maximum absolute atomic E-state index is 10.7. The lowest BCUT2D eigenvalue weighted by Gasteiger charge is -2.10. The van der Waals surface area contributed by atoms with E-state index in [1.807, 2.05) is 29.8 Å². The first-order valence-electron chi connectivity index (χ1n) is 6.55. The number of benzene rings is 1. The lowest BCUT2D eigenvalue weighted by molar-refractivity contribution is -0.133. The van der Waals surface area contributed by atoms with E-state index in [1.165, 1.54) is 22.9 Å². The van der Waals surface area contributed by atoms with Gasteiger partial charge in [0.05, 0.1) is 11.4 Å². The van der Waals surface area contributed by atoms with Crippen LogP contribution in [0.4, 0.5) is 0 Å². The lowest BCUT2D eigenvalue weighted by atomic mass is 10.1. The Kier molecular flexibility index (Phi) is 4.84. The summed E-state index contributed by atoms with van der Waals surface area (Å²) in [6, 6.07) is 8.31. The Labute approximate surface area is 122 Å². The number of carbonyl (C=O) groups is 1. The van der Waals surface area contributed by atoms with Gasteiger partial charge in [-0.05, 0) is 24.5 Å². The van der Waals surface area contributed by atoms with Crippen LogP contribution in [0, 0.1) is 6.92 Å². The van der Waals surface area contributed by atoms with Crippen LogP contribution >= 0.6 is 11.8 Å². The molecule has 5 heteroatoms. The number of aromatic nitrogens is 2. The van der Waals surface area contributed by atoms with Crippen LogP contribution in [-0.2, 0) is 17.8 Å². The van der Waals surface area contributed by atoms with Crippen molar-refractivity contribution in [2.45, 2.75) is 32.0 Å². The largest absolute Gasteiger partial charge is 0.481 e. The summed E-state index contributed by atoms with van der Waals surface area (Å²) < 4.78 is 2.03. The summed E-state index contributed by atoms with van der Waals surface area (Å²) in [4.78, 5) is 15.1. The topological polar surface area (TPSA) is 55.1 Å². The van der Waals surface area contributed by atoms with Crippen LogP contribution in [0.1, 0.15) is 23.7 Å². The smallest absolute Gasteiger partial charge is 0.313 e. The molecule has 0 bridgehead atoms. The summed E-state index contributed by atoms with van der Waals surface area (Å²) >= 11 is 1.26. The van der Waals surface area contributed by atoms with Crippen LogP contribution in [-0.4, -0.2) is 26.4 Å². The summed E-state index contributed by atoms with van der Waals surface area (Å²) in [7, 11) is 0. The first kappa shape index (κ1) is 14.7. The number of hydrogen-bond donors (Lipinski definition) is 1. The normalized spacial score (nSPS) is 10.7. The standard InChI is InChI=1S/C15H18N2O2S/c1-3-12-6-4-5-7-13(12)9-17-8-11(2)16-15(17)20-10-14(18)19/h4-8H,3,9-10H2,1-2H3,(H,18,19). The Bertz CT molecular complexity index is 608.